The van der Waals surface area contributed by atoms with Crippen LogP contribution in [0, 0.1) is 13.8 Å². The van der Waals surface area contributed by atoms with E-state index in [9.17, 15) is 0 Å². The van der Waals surface area contributed by atoms with Crippen LogP contribution < -0.4 is 0 Å². The van der Waals surface area contributed by atoms with E-state index in [0.717, 1.165) is 20.1 Å². The molecule has 2 aromatic rings. The molecule has 0 bridgehead atoms. The van der Waals surface area contributed by atoms with E-state index in [2.05, 4.69) is 31.9 Å². The van der Waals surface area contributed by atoms with Gasteiger partial charge >= 0.3 is 0 Å². The van der Waals surface area contributed by atoms with Gasteiger partial charge in [-0.05, 0) is 38.1 Å². The lowest BCUT2D eigenvalue weighted by atomic mass is 10.2. The maximum absolute atomic E-state index is 9.07. The summed E-state index contributed by atoms with van der Waals surface area (Å²) >= 11 is 6.57. The van der Waals surface area contributed by atoms with Crippen LogP contribution in [0.15, 0.2) is 45.3 Å². The number of aromatic hydroxyl groups is 2. The largest absolute Gasteiger partial charge is 0.508 e. The highest BCUT2D eigenvalue weighted by molar-refractivity contribution is 9.10. The minimum absolute atomic E-state index is 0.337. The van der Waals surface area contributed by atoms with Crippen LogP contribution in [-0.4, -0.2) is 10.2 Å². The van der Waals surface area contributed by atoms with Crippen LogP contribution in [0.2, 0.25) is 0 Å². The third-order valence-corrected chi connectivity index (χ3v) is 4.20. The lowest BCUT2D eigenvalue weighted by Gasteiger charge is -1.97. The summed E-state index contributed by atoms with van der Waals surface area (Å²) in [6, 6.07) is 10.7. The molecule has 0 fully saturated rings. The Morgan fingerprint density at radius 1 is 0.722 bits per heavy atom. The Kier molecular flexibility index (Phi) is 5.69. The van der Waals surface area contributed by atoms with Crippen LogP contribution in [0.1, 0.15) is 11.1 Å². The number of phenolic OH excluding ortho intramolecular Hbond substituents is 2. The lowest BCUT2D eigenvalue weighted by molar-refractivity contribution is 0.470. The smallest absolute Gasteiger partial charge is 0.119 e. The van der Waals surface area contributed by atoms with Gasteiger partial charge in [-0.1, -0.05) is 44.0 Å². The Bertz CT molecular complexity index is 449. The normalized spacial score (nSPS) is 9.56. The molecule has 2 nitrogen and oxygen atoms in total. The molecule has 0 saturated carbocycles. The number of hydrogen-bond donors (Lipinski definition) is 2. The van der Waals surface area contributed by atoms with E-state index in [-0.39, 0.29) is 0 Å². The van der Waals surface area contributed by atoms with Gasteiger partial charge < -0.3 is 10.2 Å². The first-order chi connectivity index (χ1) is 8.43. The first-order valence-corrected chi connectivity index (χ1v) is 6.90. The molecule has 0 radical (unpaired) electrons. The van der Waals surface area contributed by atoms with Crippen LogP contribution in [0.4, 0.5) is 0 Å². The molecule has 2 N–H and O–H groups in total. The van der Waals surface area contributed by atoms with Crippen molar-refractivity contribution >= 4 is 31.9 Å². The quantitative estimate of drug-likeness (QED) is 0.687. The highest BCUT2D eigenvalue weighted by atomic mass is 79.9. The lowest BCUT2D eigenvalue weighted by Crippen LogP contribution is -1.74. The highest BCUT2D eigenvalue weighted by Gasteiger charge is 1.96. The van der Waals surface area contributed by atoms with E-state index < -0.39 is 0 Å². The zero-order valence-electron chi connectivity index (χ0n) is 10.1. The van der Waals surface area contributed by atoms with Crippen LogP contribution in [0.5, 0.6) is 11.5 Å². The summed E-state index contributed by atoms with van der Waals surface area (Å²) in [6.45, 7) is 3.72. The fourth-order valence-electron chi connectivity index (χ4n) is 1.19. The summed E-state index contributed by atoms with van der Waals surface area (Å²) in [5, 5.41) is 18.1. The second-order valence-electron chi connectivity index (χ2n) is 3.77. The van der Waals surface area contributed by atoms with Crippen LogP contribution in [0.3, 0.4) is 0 Å². The molecule has 0 aliphatic carbocycles. The average molecular weight is 374 g/mol. The first kappa shape index (κ1) is 15.1. The van der Waals surface area contributed by atoms with Gasteiger partial charge in [0.1, 0.15) is 11.5 Å². The van der Waals surface area contributed by atoms with E-state index in [1.165, 1.54) is 0 Å². The molecule has 0 spiro atoms. The van der Waals surface area contributed by atoms with Crippen molar-refractivity contribution in [2.45, 2.75) is 13.8 Å². The fourth-order valence-corrected chi connectivity index (χ4v) is 1.90. The van der Waals surface area contributed by atoms with Crippen LogP contribution in [0.25, 0.3) is 0 Å². The van der Waals surface area contributed by atoms with E-state index in [1.807, 2.05) is 26.0 Å². The molecule has 0 amide bonds. The molecular weight excluding hydrogens is 360 g/mol. The van der Waals surface area contributed by atoms with Gasteiger partial charge in [-0.3, -0.25) is 0 Å². The molecule has 0 heterocycles. The maximum atomic E-state index is 9.07. The van der Waals surface area contributed by atoms with Gasteiger partial charge in [0.2, 0.25) is 0 Å². The van der Waals surface area contributed by atoms with Crippen molar-refractivity contribution < 1.29 is 10.2 Å². The highest BCUT2D eigenvalue weighted by Crippen LogP contribution is 2.24. The summed E-state index contributed by atoms with van der Waals surface area (Å²) in [5.74, 6) is 0.675. The molecule has 0 saturated heterocycles. The van der Waals surface area contributed by atoms with Crippen molar-refractivity contribution in [3.05, 3.63) is 56.5 Å². The minimum atomic E-state index is 0.337. The fraction of sp³-hybridized carbons (Fsp3) is 0.143. The Balaban J connectivity index is 0.000000180. The van der Waals surface area contributed by atoms with Crippen molar-refractivity contribution in [3.8, 4) is 11.5 Å². The van der Waals surface area contributed by atoms with Crippen molar-refractivity contribution in [2.75, 3.05) is 0 Å². The molecule has 96 valence electrons. The zero-order valence-corrected chi connectivity index (χ0v) is 13.3. The Labute approximate surface area is 124 Å². The summed E-state index contributed by atoms with van der Waals surface area (Å²) < 4.78 is 1.89. The van der Waals surface area contributed by atoms with Crippen LogP contribution in [-0.2, 0) is 0 Å². The average Bonchev–Trinajstić information content (AvgIpc) is 2.34. The number of hydrogen-bond acceptors (Lipinski definition) is 2. The van der Waals surface area contributed by atoms with Gasteiger partial charge in [0, 0.05) is 20.1 Å². The van der Waals surface area contributed by atoms with Crippen molar-refractivity contribution in [1.82, 2.24) is 0 Å². The van der Waals surface area contributed by atoms with Gasteiger partial charge in [0.15, 0.2) is 0 Å². The van der Waals surface area contributed by atoms with Crippen LogP contribution >= 0.6 is 31.9 Å². The zero-order chi connectivity index (χ0) is 13.7. The number of rotatable bonds is 0. The molecular formula is C14H14Br2O2. The van der Waals surface area contributed by atoms with E-state index in [0.29, 0.717) is 11.5 Å². The standard InChI is InChI=1S/2C7H7BrO/c2*1-5-6(8)3-2-4-7(5)9/h2*2-4,9H,1H3. The number of halogens is 2. The molecule has 0 atom stereocenters. The Morgan fingerprint density at radius 2 is 1.06 bits per heavy atom. The molecule has 2 rings (SSSR count). The predicted octanol–water partition coefficient (Wildman–Crippen LogP) is 4.93. The third-order valence-electron chi connectivity index (χ3n) is 2.48. The summed E-state index contributed by atoms with van der Waals surface area (Å²) in [5.41, 5.74) is 1.77. The summed E-state index contributed by atoms with van der Waals surface area (Å²) in [6.07, 6.45) is 0. The van der Waals surface area contributed by atoms with Crippen molar-refractivity contribution in [3.63, 3.8) is 0 Å². The predicted molar refractivity (Wildman–Crippen MR) is 81.1 cm³/mol. The maximum Gasteiger partial charge on any atom is 0.119 e. The Hall–Kier alpha value is -1.00. The topological polar surface area (TPSA) is 40.5 Å². The van der Waals surface area contributed by atoms with E-state index >= 15 is 0 Å². The molecule has 0 unspecified atom stereocenters. The molecule has 0 aromatic heterocycles. The first-order valence-electron chi connectivity index (χ1n) is 5.31. The molecule has 0 aliphatic rings. The monoisotopic (exact) mass is 372 g/mol. The second-order valence-corrected chi connectivity index (χ2v) is 5.48. The van der Waals surface area contributed by atoms with Gasteiger partial charge in [-0.15, -0.1) is 0 Å². The van der Waals surface area contributed by atoms with Crippen molar-refractivity contribution in [1.29, 1.82) is 0 Å². The SMILES string of the molecule is Cc1c(O)cccc1Br.Cc1c(O)cccc1Br. The van der Waals surface area contributed by atoms with Gasteiger partial charge in [0.05, 0.1) is 0 Å². The van der Waals surface area contributed by atoms with Gasteiger partial charge in [0.25, 0.3) is 0 Å². The minimum Gasteiger partial charge on any atom is -0.508 e. The molecule has 18 heavy (non-hydrogen) atoms. The molecule has 2 aromatic carbocycles. The van der Waals surface area contributed by atoms with E-state index in [1.54, 1.807) is 24.3 Å². The number of benzene rings is 2. The summed E-state index contributed by atoms with van der Waals surface area (Å²) in [4.78, 5) is 0. The number of phenols is 2. The Morgan fingerprint density at radius 3 is 1.28 bits per heavy atom. The molecule has 0 aliphatic heterocycles. The molecule has 4 heteroatoms. The second kappa shape index (κ2) is 6.81. The van der Waals surface area contributed by atoms with Gasteiger partial charge in [-0.2, -0.15) is 0 Å². The van der Waals surface area contributed by atoms with Crippen molar-refractivity contribution in [2.24, 2.45) is 0 Å². The van der Waals surface area contributed by atoms with Gasteiger partial charge in [-0.25, -0.2) is 0 Å². The third kappa shape index (κ3) is 4.03. The van der Waals surface area contributed by atoms with E-state index in [4.69, 9.17) is 10.2 Å². The summed E-state index contributed by atoms with van der Waals surface area (Å²) in [7, 11) is 0.